The molecule has 1 heterocycles. The minimum Gasteiger partial charge on any atom is -0.495 e. The quantitative estimate of drug-likeness (QED) is 0.125. The van der Waals surface area contributed by atoms with Crippen LogP contribution in [-0.4, -0.2) is 42.7 Å². The second-order valence-corrected chi connectivity index (χ2v) is 14.4. The number of carbonyl (C=O) groups excluding carboxylic acids is 1. The highest BCUT2D eigenvalue weighted by atomic mass is 35.5. The molecule has 1 fully saturated rings. The number of amides is 1. The van der Waals surface area contributed by atoms with Gasteiger partial charge in [0.2, 0.25) is 5.91 Å². The van der Waals surface area contributed by atoms with Crippen molar-refractivity contribution in [2.75, 3.05) is 19.0 Å². The second kappa shape index (κ2) is 14.8. The molecule has 0 spiro atoms. The first-order valence-electron chi connectivity index (χ1n) is 15.9. The Labute approximate surface area is 295 Å². The molecule has 1 aliphatic rings. The number of carboxylic acid groups (broad SMARTS) is 1. The van der Waals surface area contributed by atoms with Gasteiger partial charge in [-0.15, -0.1) is 0 Å². The Balaban J connectivity index is 1.72. The van der Waals surface area contributed by atoms with Crippen molar-refractivity contribution in [2.45, 2.75) is 57.2 Å². The van der Waals surface area contributed by atoms with Crippen molar-refractivity contribution in [3.8, 4) is 5.75 Å². The van der Waals surface area contributed by atoms with Crippen LogP contribution in [0.1, 0.15) is 60.2 Å². The lowest BCUT2D eigenvalue weighted by Gasteiger charge is -2.43. The molecule has 4 atom stereocenters. The maximum Gasteiger partial charge on any atom is 0.335 e. The van der Waals surface area contributed by atoms with Gasteiger partial charge >= 0.3 is 5.97 Å². The topological polar surface area (TPSA) is 99.7 Å². The Hall–Kier alpha value is -4.02. The number of nitrogens with one attached hydrogen (secondary N) is 3. The third-order valence-electron chi connectivity index (χ3n) is 9.03. The van der Waals surface area contributed by atoms with E-state index in [1.54, 1.807) is 24.3 Å². The van der Waals surface area contributed by atoms with Crippen molar-refractivity contribution in [3.05, 3.63) is 129 Å². The lowest BCUT2D eigenvalue weighted by molar-refractivity contribution is -0.118. The SMILES string of the molecule is COc1cc(C(=O)O)ccc1NC(=O)[C@@H]1N[C@@H](CC(C)(C)C)[C@](CNCc2ccccc2)(c2ccc(Cl)cc2F)[C@H]1c1cccc(Cl)c1F. The summed E-state index contributed by atoms with van der Waals surface area (Å²) in [4.78, 5) is 26.1. The zero-order valence-electron chi connectivity index (χ0n) is 27.6. The van der Waals surface area contributed by atoms with Gasteiger partial charge in [0.1, 0.15) is 17.4 Å². The molecule has 0 bridgehead atoms. The Morgan fingerprint density at radius 1 is 0.980 bits per heavy atom. The average molecular weight is 711 g/mol. The molecular formula is C38H39Cl2F2N3O4. The highest BCUT2D eigenvalue weighted by molar-refractivity contribution is 6.31. The minimum atomic E-state index is -1.26. The molecule has 11 heteroatoms. The van der Waals surface area contributed by atoms with Crippen molar-refractivity contribution in [1.29, 1.82) is 0 Å². The molecule has 0 saturated carbocycles. The highest BCUT2D eigenvalue weighted by Gasteiger charge is 2.60. The summed E-state index contributed by atoms with van der Waals surface area (Å²) >= 11 is 12.6. The molecule has 0 aromatic heterocycles. The van der Waals surface area contributed by atoms with Gasteiger partial charge < -0.3 is 25.8 Å². The predicted octanol–water partition coefficient (Wildman–Crippen LogP) is 8.21. The number of methoxy groups -OCH3 is 1. The van der Waals surface area contributed by atoms with Crippen LogP contribution >= 0.6 is 23.2 Å². The van der Waals surface area contributed by atoms with Crippen molar-refractivity contribution >= 4 is 40.8 Å². The lowest BCUT2D eigenvalue weighted by atomic mass is 9.61. The van der Waals surface area contributed by atoms with E-state index in [4.69, 9.17) is 27.9 Å². The Morgan fingerprint density at radius 2 is 1.71 bits per heavy atom. The minimum absolute atomic E-state index is 0.0281. The number of carboxylic acids is 1. The zero-order valence-corrected chi connectivity index (χ0v) is 29.1. The zero-order chi connectivity index (χ0) is 35.5. The molecule has 4 aromatic carbocycles. The maximum absolute atomic E-state index is 16.4. The van der Waals surface area contributed by atoms with Gasteiger partial charge in [-0.2, -0.15) is 0 Å². The molecule has 1 saturated heterocycles. The Bertz CT molecular complexity index is 1840. The number of carbonyl (C=O) groups is 2. The third-order valence-corrected chi connectivity index (χ3v) is 9.56. The second-order valence-electron chi connectivity index (χ2n) is 13.5. The van der Waals surface area contributed by atoms with Crippen molar-refractivity contribution in [1.82, 2.24) is 10.6 Å². The lowest BCUT2D eigenvalue weighted by Crippen LogP contribution is -2.51. The number of hydrogen-bond donors (Lipinski definition) is 4. The van der Waals surface area contributed by atoms with E-state index in [-0.39, 0.29) is 50.1 Å². The number of aromatic carboxylic acids is 1. The molecule has 0 unspecified atom stereocenters. The Morgan fingerprint density at radius 3 is 2.37 bits per heavy atom. The van der Waals surface area contributed by atoms with E-state index in [0.29, 0.717) is 13.0 Å². The van der Waals surface area contributed by atoms with Crippen LogP contribution in [-0.2, 0) is 16.8 Å². The third kappa shape index (κ3) is 7.75. The molecular weight excluding hydrogens is 671 g/mol. The van der Waals surface area contributed by atoms with Crippen molar-refractivity contribution < 1.29 is 28.2 Å². The number of hydrogen-bond acceptors (Lipinski definition) is 5. The summed E-state index contributed by atoms with van der Waals surface area (Å²) < 4.78 is 38.2. The molecule has 4 N–H and O–H groups in total. The van der Waals surface area contributed by atoms with Gasteiger partial charge in [0, 0.05) is 35.5 Å². The fraction of sp³-hybridized carbons (Fsp3) is 0.316. The first-order chi connectivity index (χ1) is 23.2. The Kier molecular flexibility index (Phi) is 11.0. The van der Waals surface area contributed by atoms with E-state index in [1.807, 2.05) is 51.1 Å². The van der Waals surface area contributed by atoms with Crippen LogP contribution in [0.4, 0.5) is 14.5 Å². The smallest absolute Gasteiger partial charge is 0.335 e. The monoisotopic (exact) mass is 709 g/mol. The van der Waals surface area contributed by atoms with Crippen LogP contribution in [0.2, 0.25) is 10.0 Å². The summed E-state index contributed by atoms with van der Waals surface area (Å²) in [5.74, 6) is -3.88. The fourth-order valence-corrected chi connectivity index (χ4v) is 7.31. The van der Waals surface area contributed by atoms with Crippen molar-refractivity contribution in [3.63, 3.8) is 0 Å². The van der Waals surface area contributed by atoms with Crippen LogP contribution in [0, 0.1) is 17.0 Å². The van der Waals surface area contributed by atoms with Crippen LogP contribution < -0.4 is 20.7 Å². The molecule has 49 heavy (non-hydrogen) atoms. The maximum atomic E-state index is 16.4. The summed E-state index contributed by atoms with van der Waals surface area (Å²) in [5.41, 5.74) is 0.00648. The number of ether oxygens (including phenoxy) is 1. The van der Waals surface area contributed by atoms with Gasteiger partial charge in [-0.1, -0.05) is 92.5 Å². The summed E-state index contributed by atoms with van der Waals surface area (Å²) in [5, 5.41) is 19.5. The van der Waals surface area contributed by atoms with Gasteiger partial charge in [0.05, 0.1) is 29.4 Å². The fourth-order valence-electron chi connectivity index (χ4n) is 6.97. The van der Waals surface area contributed by atoms with E-state index in [1.165, 1.54) is 37.4 Å². The van der Waals surface area contributed by atoms with Crippen LogP contribution in [0.5, 0.6) is 5.75 Å². The molecule has 7 nitrogen and oxygen atoms in total. The van der Waals surface area contributed by atoms with E-state index in [0.717, 1.165) is 5.56 Å². The molecule has 258 valence electrons. The van der Waals surface area contributed by atoms with Gasteiger partial charge in [-0.3, -0.25) is 4.79 Å². The summed E-state index contributed by atoms with van der Waals surface area (Å²) in [6.07, 6.45) is 0.473. The molecule has 4 aromatic rings. The highest BCUT2D eigenvalue weighted by Crippen LogP contribution is 2.53. The standard InChI is InChI=1S/C38H39Cl2F2N3O4/c1-37(2,3)19-31-38(26-15-14-24(39)18-28(26)41,21-43-20-22-9-6-5-7-10-22)32(25-11-8-12-27(40)33(25)42)34(45-31)35(46)44-29-16-13-23(36(47)48)17-30(29)49-4/h5-18,31-32,34,43,45H,19-21H2,1-4H3,(H,44,46)(H,47,48)/t31-,32-,34+,38-/m0/s1. The number of rotatable bonds is 11. The normalized spacial score (nSPS) is 20.6. The van der Waals surface area contributed by atoms with E-state index >= 15 is 8.78 Å². The number of anilines is 1. The van der Waals surface area contributed by atoms with E-state index in [9.17, 15) is 14.7 Å². The number of benzene rings is 4. The van der Waals surface area contributed by atoms with Gasteiger partial charge in [-0.05, 0) is 64.9 Å². The predicted molar refractivity (Wildman–Crippen MR) is 189 cm³/mol. The van der Waals surface area contributed by atoms with Gasteiger partial charge in [0.15, 0.2) is 0 Å². The average Bonchev–Trinajstić information content (AvgIpc) is 3.35. The van der Waals surface area contributed by atoms with E-state index in [2.05, 4.69) is 16.0 Å². The summed E-state index contributed by atoms with van der Waals surface area (Å²) in [6.45, 7) is 6.71. The molecule has 0 radical (unpaired) electrons. The summed E-state index contributed by atoms with van der Waals surface area (Å²) in [6, 6.07) is 21.2. The largest absolute Gasteiger partial charge is 0.495 e. The molecule has 1 aliphatic heterocycles. The molecule has 1 amide bonds. The first kappa shape index (κ1) is 36.3. The van der Waals surface area contributed by atoms with Crippen LogP contribution in [0.25, 0.3) is 0 Å². The van der Waals surface area contributed by atoms with Gasteiger partial charge in [0.25, 0.3) is 0 Å². The molecule has 0 aliphatic carbocycles. The van der Waals surface area contributed by atoms with Crippen LogP contribution in [0.15, 0.2) is 84.9 Å². The van der Waals surface area contributed by atoms with Crippen molar-refractivity contribution in [2.24, 2.45) is 5.41 Å². The molecule has 5 rings (SSSR count). The summed E-state index contributed by atoms with van der Waals surface area (Å²) in [7, 11) is 1.36. The first-order valence-corrected chi connectivity index (χ1v) is 16.6. The van der Waals surface area contributed by atoms with E-state index < -0.39 is 46.9 Å². The van der Waals surface area contributed by atoms with Crippen LogP contribution in [0.3, 0.4) is 0 Å². The number of halogens is 4. The van der Waals surface area contributed by atoms with Gasteiger partial charge in [-0.25, -0.2) is 13.6 Å².